The van der Waals surface area contributed by atoms with Crippen LogP contribution in [0, 0.1) is 0 Å². The van der Waals surface area contributed by atoms with E-state index in [2.05, 4.69) is 4.98 Å². The third-order valence-corrected chi connectivity index (χ3v) is 2.09. The molecule has 14 heavy (non-hydrogen) atoms. The third-order valence-electron chi connectivity index (χ3n) is 2.09. The van der Waals surface area contributed by atoms with Gasteiger partial charge >= 0.3 is 5.97 Å². The molecule has 0 unspecified atom stereocenters. The molecule has 0 saturated heterocycles. The van der Waals surface area contributed by atoms with Gasteiger partial charge in [0.1, 0.15) is 5.76 Å². The van der Waals surface area contributed by atoms with Crippen LogP contribution in [0.4, 0.5) is 6.01 Å². The zero-order valence-electron chi connectivity index (χ0n) is 7.95. The Kier molecular flexibility index (Phi) is 2.15. The molecule has 0 bridgehead atoms. The molecule has 0 aliphatic heterocycles. The van der Waals surface area contributed by atoms with Gasteiger partial charge in [-0.2, -0.15) is 4.98 Å². The molecule has 1 heterocycles. The summed E-state index contributed by atoms with van der Waals surface area (Å²) >= 11 is 0. The summed E-state index contributed by atoms with van der Waals surface area (Å²) in [6.07, 6.45) is 2.06. The summed E-state index contributed by atoms with van der Waals surface area (Å²) in [6.45, 7) is 2.08. The van der Waals surface area contributed by atoms with Gasteiger partial charge in [0.15, 0.2) is 5.69 Å². The number of ether oxygens (including phenoxy) is 1. The number of nitrogens with zero attached hydrogens (tertiary/aromatic N) is 1. The number of hydrogen-bond acceptors (Lipinski definition) is 5. The van der Waals surface area contributed by atoms with E-state index in [4.69, 9.17) is 14.9 Å². The molecule has 5 heteroatoms. The van der Waals surface area contributed by atoms with Gasteiger partial charge < -0.3 is 14.9 Å². The molecule has 2 rings (SSSR count). The Morgan fingerprint density at radius 1 is 1.71 bits per heavy atom. The minimum Gasteiger partial charge on any atom is -0.461 e. The number of aromatic nitrogens is 1. The van der Waals surface area contributed by atoms with Crippen molar-refractivity contribution in [2.24, 2.45) is 0 Å². The minimum atomic E-state index is -0.449. The van der Waals surface area contributed by atoms with Gasteiger partial charge in [0.05, 0.1) is 6.61 Å². The number of nitrogens with two attached hydrogens (primary N) is 1. The van der Waals surface area contributed by atoms with Crippen molar-refractivity contribution in [2.45, 2.75) is 25.7 Å². The lowest BCUT2D eigenvalue weighted by Crippen LogP contribution is -2.07. The molecular weight excluding hydrogens is 184 g/mol. The Hall–Kier alpha value is -1.52. The highest BCUT2D eigenvalue weighted by Gasteiger charge is 2.34. The normalized spacial score (nSPS) is 15.5. The average Bonchev–Trinajstić information content (AvgIpc) is 2.90. The summed E-state index contributed by atoms with van der Waals surface area (Å²) in [7, 11) is 0. The first-order valence-corrected chi connectivity index (χ1v) is 4.65. The van der Waals surface area contributed by atoms with E-state index in [1.807, 2.05) is 0 Å². The van der Waals surface area contributed by atoms with Crippen molar-refractivity contribution in [2.75, 3.05) is 12.3 Å². The second-order valence-corrected chi connectivity index (χ2v) is 3.26. The van der Waals surface area contributed by atoms with Crippen molar-refractivity contribution < 1.29 is 13.9 Å². The van der Waals surface area contributed by atoms with Crippen LogP contribution in [0.1, 0.15) is 41.9 Å². The molecule has 0 spiro atoms. The van der Waals surface area contributed by atoms with Gasteiger partial charge in [-0.15, -0.1) is 0 Å². The summed E-state index contributed by atoms with van der Waals surface area (Å²) in [5.74, 6) is 0.440. The number of esters is 1. The number of rotatable bonds is 3. The van der Waals surface area contributed by atoms with Gasteiger partial charge in [-0.3, -0.25) is 0 Å². The van der Waals surface area contributed by atoms with Crippen LogP contribution in [0.5, 0.6) is 0 Å². The Bertz CT molecular complexity index is 355. The van der Waals surface area contributed by atoms with Gasteiger partial charge in [0.25, 0.3) is 6.01 Å². The molecular formula is C9H12N2O3. The first kappa shape index (κ1) is 9.05. The molecule has 0 radical (unpaired) electrons. The third kappa shape index (κ3) is 1.57. The number of anilines is 1. The Balaban J connectivity index is 2.26. The van der Waals surface area contributed by atoms with Gasteiger partial charge in [-0.25, -0.2) is 4.79 Å². The van der Waals surface area contributed by atoms with Crippen LogP contribution in [0.25, 0.3) is 0 Å². The fourth-order valence-corrected chi connectivity index (χ4v) is 1.32. The van der Waals surface area contributed by atoms with E-state index in [0.717, 1.165) is 12.8 Å². The second-order valence-electron chi connectivity index (χ2n) is 3.26. The van der Waals surface area contributed by atoms with E-state index in [-0.39, 0.29) is 11.7 Å². The van der Waals surface area contributed by atoms with Crippen LogP contribution in [-0.4, -0.2) is 17.6 Å². The molecule has 0 amide bonds. The number of carbonyl (C=O) groups excluding carboxylic acids is 1. The maximum Gasteiger partial charge on any atom is 0.360 e. The Morgan fingerprint density at radius 2 is 2.43 bits per heavy atom. The predicted octanol–water partition coefficient (Wildman–Crippen LogP) is 1.31. The van der Waals surface area contributed by atoms with Crippen LogP contribution < -0.4 is 5.73 Å². The molecule has 76 valence electrons. The van der Waals surface area contributed by atoms with Crippen molar-refractivity contribution >= 4 is 12.0 Å². The molecule has 0 aromatic carbocycles. The molecule has 2 N–H and O–H groups in total. The van der Waals surface area contributed by atoms with E-state index < -0.39 is 5.97 Å². The van der Waals surface area contributed by atoms with Crippen LogP contribution in [-0.2, 0) is 4.74 Å². The topological polar surface area (TPSA) is 78.3 Å². The van der Waals surface area contributed by atoms with Gasteiger partial charge in [-0.1, -0.05) is 0 Å². The van der Waals surface area contributed by atoms with Crippen LogP contribution in [0.15, 0.2) is 4.42 Å². The highest BCUT2D eigenvalue weighted by atomic mass is 16.5. The lowest BCUT2D eigenvalue weighted by atomic mass is 10.2. The summed E-state index contributed by atoms with van der Waals surface area (Å²) in [4.78, 5) is 15.2. The smallest absolute Gasteiger partial charge is 0.360 e. The zero-order chi connectivity index (χ0) is 10.1. The summed E-state index contributed by atoms with van der Waals surface area (Å²) in [5, 5.41) is 0. The second kappa shape index (κ2) is 3.32. The van der Waals surface area contributed by atoms with Crippen molar-refractivity contribution in [3.05, 3.63) is 11.5 Å². The van der Waals surface area contributed by atoms with Crippen molar-refractivity contribution in [1.82, 2.24) is 4.98 Å². The van der Waals surface area contributed by atoms with Crippen LogP contribution >= 0.6 is 0 Å². The predicted molar refractivity (Wildman–Crippen MR) is 48.8 cm³/mol. The zero-order valence-corrected chi connectivity index (χ0v) is 7.95. The van der Waals surface area contributed by atoms with Crippen molar-refractivity contribution in [3.8, 4) is 0 Å². The molecule has 0 atom stereocenters. The van der Waals surface area contributed by atoms with E-state index in [1.54, 1.807) is 6.92 Å². The summed E-state index contributed by atoms with van der Waals surface area (Å²) < 4.78 is 10.0. The maximum atomic E-state index is 11.4. The highest BCUT2D eigenvalue weighted by molar-refractivity contribution is 5.89. The summed E-state index contributed by atoms with van der Waals surface area (Å²) in [6, 6.07) is 0.0370. The number of nitrogen functional groups attached to an aromatic ring is 1. The molecule has 1 aromatic heterocycles. The van der Waals surface area contributed by atoms with Gasteiger partial charge in [0, 0.05) is 5.92 Å². The molecule has 1 aliphatic rings. The SMILES string of the molecule is CCOC(=O)c1nc(N)oc1C1CC1. The number of oxazole rings is 1. The van der Waals surface area contributed by atoms with Gasteiger partial charge in [0.2, 0.25) is 0 Å². The monoisotopic (exact) mass is 196 g/mol. The van der Waals surface area contributed by atoms with Crippen molar-refractivity contribution in [3.63, 3.8) is 0 Å². The molecule has 1 aliphatic carbocycles. The first-order valence-electron chi connectivity index (χ1n) is 4.65. The van der Waals surface area contributed by atoms with Crippen LogP contribution in [0.2, 0.25) is 0 Å². The fraction of sp³-hybridized carbons (Fsp3) is 0.556. The fourth-order valence-electron chi connectivity index (χ4n) is 1.32. The largest absolute Gasteiger partial charge is 0.461 e. The van der Waals surface area contributed by atoms with Gasteiger partial charge in [-0.05, 0) is 19.8 Å². The standard InChI is InChI=1S/C9H12N2O3/c1-2-13-8(12)6-7(5-3-4-5)14-9(10)11-6/h5H,2-4H2,1H3,(H2,10,11). The first-order chi connectivity index (χ1) is 6.72. The van der Waals surface area contributed by atoms with Crippen molar-refractivity contribution in [1.29, 1.82) is 0 Å². The summed E-state index contributed by atoms with van der Waals surface area (Å²) in [5.41, 5.74) is 5.64. The molecule has 1 aromatic rings. The quantitative estimate of drug-likeness (QED) is 0.737. The van der Waals surface area contributed by atoms with Crippen LogP contribution in [0.3, 0.4) is 0 Å². The number of carbonyl (C=O) groups is 1. The Morgan fingerprint density at radius 3 is 3.00 bits per heavy atom. The van der Waals surface area contributed by atoms with E-state index in [1.165, 1.54) is 0 Å². The molecule has 1 fully saturated rings. The van der Waals surface area contributed by atoms with E-state index in [9.17, 15) is 4.79 Å². The van der Waals surface area contributed by atoms with E-state index in [0.29, 0.717) is 18.3 Å². The maximum absolute atomic E-state index is 11.4. The molecule has 5 nitrogen and oxygen atoms in total. The van der Waals surface area contributed by atoms with E-state index >= 15 is 0 Å². The average molecular weight is 196 g/mol. The lowest BCUT2D eigenvalue weighted by Gasteiger charge is -1.98. The Labute approximate surface area is 81.2 Å². The lowest BCUT2D eigenvalue weighted by molar-refractivity contribution is 0.0517. The molecule has 1 saturated carbocycles. The number of hydrogen-bond donors (Lipinski definition) is 1. The highest BCUT2D eigenvalue weighted by Crippen LogP contribution is 2.42. The minimum absolute atomic E-state index is 0.0370.